The normalized spacial score (nSPS) is 13.6. The molecule has 164 valence electrons. The summed E-state index contributed by atoms with van der Waals surface area (Å²) in [6.07, 6.45) is 1.43. The van der Waals surface area contributed by atoms with Crippen LogP contribution in [0.3, 0.4) is 0 Å². The molecule has 0 unspecified atom stereocenters. The lowest BCUT2D eigenvalue weighted by Gasteiger charge is -2.31. The molecule has 2 rings (SSSR count). The van der Waals surface area contributed by atoms with Crippen molar-refractivity contribution in [3.05, 3.63) is 63.2 Å². The summed E-state index contributed by atoms with van der Waals surface area (Å²) in [5.41, 5.74) is 5.67. The molecule has 1 amide bonds. The molecule has 30 heavy (non-hydrogen) atoms. The van der Waals surface area contributed by atoms with Crippen molar-refractivity contribution in [1.29, 1.82) is 0 Å². The van der Waals surface area contributed by atoms with E-state index >= 15 is 0 Å². The van der Waals surface area contributed by atoms with E-state index in [0.717, 1.165) is 32.8 Å². The second-order valence-electron chi connectivity index (χ2n) is 7.94. The van der Waals surface area contributed by atoms with Gasteiger partial charge in [0.15, 0.2) is 0 Å². The number of anilines is 1. The highest BCUT2D eigenvalue weighted by molar-refractivity contribution is 7.92. The van der Waals surface area contributed by atoms with Gasteiger partial charge < -0.3 is 5.32 Å². The van der Waals surface area contributed by atoms with Crippen molar-refractivity contribution in [3.63, 3.8) is 0 Å². The number of halogens is 1. The standard InChI is InChI=1S/C23H31ClN2O3S/c1-8-22(26(30(7,28)29)19-10-9-14(2)21(24)13-19)23(27)25-18(6)20-12-16(4)15(3)11-17(20)5/h9-13,18,22H,8H2,1-7H3,(H,25,27)/t18-,22+/m0/s1. The van der Waals surface area contributed by atoms with E-state index in [0.29, 0.717) is 17.1 Å². The zero-order valence-electron chi connectivity index (χ0n) is 18.7. The highest BCUT2D eigenvalue weighted by Crippen LogP contribution is 2.28. The summed E-state index contributed by atoms with van der Waals surface area (Å²) in [4.78, 5) is 13.2. The van der Waals surface area contributed by atoms with Gasteiger partial charge in [-0.15, -0.1) is 0 Å². The van der Waals surface area contributed by atoms with Crippen LogP contribution < -0.4 is 9.62 Å². The largest absolute Gasteiger partial charge is 0.348 e. The minimum Gasteiger partial charge on any atom is -0.348 e. The van der Waals surface area contributed by atoms with E-state index in [1.54, 1.807) is 25.1 Å². The van der Waals surface area contributed by atoms with E-state index in [1.807, 2.05) is 27.7 Å². The van der Waals surface area contributed by atoms with Crippen LogP contribution in [-0.2, 0) is 14.8 Å². The lowest BCUT2D eigenvalue weighted by Crippen LogP contribution is -2.49. The van der Waals surface area contributed by atoms with E-state index in [9.17, 15) is 13.2 Å². The van der Waals surface area contributed by atoms with Gasteiger partial charge in [-0.1, -0.05) is 36.7 Å². The topological polar surface area (TPSA) is 66.5 Å². The van der Waals surface area contributed by atoms with E-state index in [4.69, 9.17) is 11.6 Å². The quantitative estimate of drug-likeness (QED) is 0.645. The van der Waals surface area contributed by atoms with Crippen LogP contribution in [-0.4, -0.2) is 26.6 Å². The molecular formula is C23H31ClN2O3S. The van der Waals surface area contributed by atoms with E-state index in [-0.39, 0.29) is 11.9 Å². The number of nitrogens with one attached hydrogen (secondary N) is 1. The molecule has 0 saturated carbocycles. The van der Waals surface area contributed by atoms with Gasteiger partial charge in [0.25, 0.3) is 0 Å². The molecule has 5 nitrogen and oxygen atoms in total. The molecule has 0 aliphatic rings. The van der Waals surface area contributed by atoms with Crippen molar-refractivity contribution >= 4 is 33.2 Å². The number of rotatable bonds is 7. The van der Waals surface area contributed by atoms with Crippen molar-refractivity contribution in [3.8, 4) is 0 Å². The highest BCUT2D eigenvalue weighted by atomic mass is 35.5. The highest BCUT2D eigenvalue weighted by Gasteiger charge is 2.32. The zero-order chi connectivity index (χ0) is 22.8. The molecule has 1 N–H and O–H groups in total. The van der Waals surface area contributed by atoms with Gasteiger partial charge in [-0.25, -0.2) is 8.42 Å². The number of nitrogens with zero attached hydrogens (tertiary/aromatic N) is 1. The Hall–Kier alpha value is -2.05. The fourth-order valence-electron chi connectivity index (χ4n) is 3.62. The third-order valence-electron chi connectivity index (χ3n) is 5.45. The first kappa shape index (κ1) is 24.2. The van der Waals surface area contributed by atoms with Crippen molar-refractivity contribution in [2.24, 2.45) is 0 Å². The first-order valence-electron chi connectivity index (χ1n) is 10.0. The molecule has 0 bridgehead atoms. The SMILES string of the molecule is CC[C@H](C(=O)N[C@@H](C)c1cc(C)c(C)cc1C)N(c1ccc(C)c(Cl)c1)S(C)(=O)=O. The zero-order valence-corrected chi connectivity index (χ0v) is 20.3. The summed E-state index contributed by atoms with van der Waals surface area (Å²) in [5, 5.41) is 3.46. The lowest BCUT2D eigenvalue weighted by molar-refractivity contribution is -0.122. The van der Waals surface area contributed by atoms with E-state index in [2.05, 4.69) is 24.4 Å². The van der Waals surface area contributed by atoms with Gasteiger partial charge in [-0.2, -0.15) is 0 Å². The maximum atomic E-state index is 13.2. The molecule has 0 fully saturated rings. The van der Waals surface area contributed by atoms with Crippen LogP contribution in [0.2, 0.25) is 5.02 Å². The molecular weight excluding hydrogens is 420 g/mol. The van der Waals surface area contributed by atoms with Crippen LogP contribution in [0.1, 0.15) is 54.1 Å². The van der Waals surface area contributed by atoms with E-state index in [1.165, 1.54) is 5.56 Å². The predicted molar refractivity (Wildman–Crippen MR) is 125 cm³/mol. The molecule has 2 aromatic rings. The third kappa shape index (κ3) is 5.35. The minimum atomic E-state index is -3.71. The number of carbonyl (C=O) groups is 1. The molecule has 0 aliphatic carbocycles. The summed E-state index contributed by atoms with van der Waals surface area (Å²) in [5.74, 6) is -0.343. The Morgan fingerprint density at radius 1 is 1.03 bits per heavy atom. The molecule has 2 atom stereocenters. The average molecular weight is 451 g/mol. The van der Waals surface area contributed by atoms with Crippen LogP contribution in [0.5, 0.6) is 0 Å². The monoisotopic (exact) mass is 450 g/mol. The van der Waals surface area contributed by atoms with Gasteiger partial charge >= 0.3 is 0 Å². The Labute approximate surface area is 185 Å². The molecule has 0 aliphatic heterocycles. The molecule has 0 radical (unpaired) electrons. The number of aryl methyl sites for hydroxylation is 4. The summed E-state index contributed by atoms with van der Waals surface area (Å²) >= 11 is 6.22. The van der Waals surface area contributed by atoms with Gasteiger partial charge in [-0.3, -0.25) is 9.10 Å². The summed E-state index contributed by atoms with van der Waals surface area (Å²) in [6, 6.07) is 8.05. The number of amides is 1. The van der Waals surface area contributed by atoms with Gasteiger partial charge in [-0.05, 0) is 81.0 Å². The van der Waals surface area contributed by atoms with Crippen molar-refractivity contribution in [2.75, 3.05) is 10.6 Å². The fraction of sp³-hybridized carbons (Fsp3) is 0.435. The second-order valence-corrected chi connectivity index (χ2v) is 10.2. The first-order chi connectivity index (χ1) is 13.9. The number of benzene rings is 2. The van der Waals surface area contributed by atoms with Crippen LogP contribution in [0.15, 0.2) is 30.3 Å². The fourth-order valence-corrected chi connectivity index (χ4v) is 4.99. The Balaban J connectivity index is 2.38. The molecule has 0 heterocycles. The van der Waals surface area contributed by atoms with Gasteiger partial charge in [0, 0.05) is 5.02 Å². The number of sulfonamides is 1. The number of carbonyl (C=O) groups excluding carboxylic acids is 1. The summed E-state index contributed by atoms with van der Waals surface area (Å²) < 4.78 is 26.4. The predicted octanol–water partition coefficient (Wildman–Crippen LogP) is 5.00. The van der Waals surface area contributed by atoms with Crippen LogP contribution in [0.25, 0.3) is 0 Å². The van der Waals surface area contributed by atoms with Gasteiger partial charge in [0.2, 0.25) is 15.9 Å². The number of hydrogen-bond acceptors (Lipinski definition) is 3. The Kier molecular flexibility index (Phi) is 7.59. The molecule has 0 spiro atoms. The van der Waals surface area contributed by atoms with Crippen molar-refractivity contribution in [1.82, 2.24) is 5.32 Å². The first-order valence-corrected chi connectivity index (χ1v) is 12.2. The Morgan fingerprint density at radius 2 is 1.63 bits per heavy atom. The van der Waals surface area contributed by atoms with Crippen molar-refractivity contribution in [2.45, 2.75) is 60.0 Å². The smallest absolute Gasteiger partial charge is 0.244 e. The molecule has 2 aromatic carbocycles. The van der Waals surface area contributed by atoms with Gasteiger partial charge in [0.1, 0.15) is 6.04 Å². The average Bonchev–Trinajstić information content (AvgIpc) is 2.63. The third-order valence-corrected chi connectivity index (χ3v) is 7.03. The van der Waals surface area contributed by atoms with Gasteiger partial charge in [0.05, 0.1) is 18.0 Å². The van der Waals surface area contributed by atoms with Crippen LogP contribution >= 0.6 is 11.6 Å². The minimum absolute atomic E-state index is 0.256. The van der Waals surface area contributed by atoms with E-state index < -0.39 is 16.1 Å². The molecule has 0 saturated heterocycles. The lowest BCUT2D eigenvalue weighted by atomic mass is 9.96. The summed E-state index contributed by atoms with van der Waals surface area (Å²) in [7, 11) is -3.71. The molecule has 7 heteroatoms. The second kappa shape index (κ2) is 9.40. The maximum Gasteiger partial charge on any atom is 0.244 e. The summed E-state index contributed by atoms with van der Waals surface area (Å²) in [6.45, 7) is 11.7. The molecule has 0 aromatic heterocycles. The van der Waals surface area contributed by atoms with Crippen molar-refractivity contribution < 1.29 is 13.2 Å². The van der Waals surface area contributed by atoms with Crippen LogP contribution in [0.4, 0.5) is 5.69 Å². The van der Waals surface area contributed by atoms with Crippen LogP contribution in [0, 0.1) is 27.7 Å². The maximum absolute atomic E-state index is 13.2. The number of hydrogen-bond donors (Lipinski definition) is 1. The Morgan fingerprint density at radius 3 is 2.17 bits per heavy atom. The Bertz CT molecular complexity index is 1050.